The molecule has 11 heteroatoms. The van der Waals surface area contributed by atoms with Crippen LogP contribution in [0.3, 0.4) is 0 Å². The number of nitrogens with two attached hydrogens (primary N) is 1. The Morgan fingerprint density at radius 1 is 1.11 bits per heavy atom. The summed E-state index contributed by atoms with van der Waals surface area (Å²) in [4.78, 5) is 36.1. The van der Waals surface area contributed by atoms with E-state index in [0.717, 1.165) is 23.5 Å². The maximum absolute atomic E-state index is 14.4. The molecule has 0 spiro atoms. The lowest BCUT2D eigenvalue weighted by molar-refractivity contribution is -0.175. The van der Waals surface area contributed by atoms with E-state index in [1.54, 1.807) is 39.0 Å². The van der Waals surface area contributed by atoms with Gasteiger partial charge in [0, 0.05) is 38.6 Å². The molecule has 1 heterocycles. The molecule has 0 aliphatic carbocycles. The van der Waals surface area contributed by atoms with Crippen LogP contribution in [0.25, 0.3) is 10.1 Å². The Bertz CT molecular complexity index is 1270. The number of amides is 1. The van der Waals surface area contributed by atoms with Crippen LogP contribution < -0.4 is 10.5 Å². The number of esters is 2. The topological polar surface area (TPSA) is 105 Å². The zero-order valence-corrected chi connectivity index (χ0v) is 20.6. The molecule has 1 amide bonds. The van der Waals surface area contributed by atoms with Crippen LogP contribution in [0.2, 0.25) is 5.02 Å². The van der Waals surface area contributed by atoms with Gasteiger partial charge in [0.15, 0.2) is 17.4 Å². The molecule has 0 fully saturated rings. The Labute approximate surface area is 208 Å². The van der Waals surface area contributed by atoms with Gasteiger partial charge < -0.3 is 19.9 Å². The van der Waals surface area contributed by atoms with Crippen LogP contribution in [0.4, 0.5) is 8.78 Å². The summed E-state index contributed by atoms with van der Waals surface area (Å²) >= 11 is 7.40. The standard InChI is InChI=1S/C24H22ClF2NO6S/c1-4-18(29)33-24(11(2)3)34-23(31)21-13(19-14(25)6-5-7-17(19)35-21)10-32-20-15(26)8-12(22(28)30)9-16(20)27/h5-9,11,24H,4,10H2,1-3H3,(H2,28,30). The molecule has 1 aromatic heterocycles. The molecule has 35 heavy (non-hydrogen) atoms. The van der Waals surface area contributed by atoms with Crippen LogP contribution >= 0.6 is 22.9 Å². The van der Waals surface area contributed by atoms with Crippen molar-refractivity contribution in [3.63, 3.8) is 0 Å². The van der Waals surface area contributed by atoms with Gasteiger partial charge in [-0.3, -0.25) is 9.59 Å². The highest BCUT2D eigenvalue weighted by atomic mass is 35.5. The third kappa shape index (κ3) is 5.88. The van der Waals surface area contributed by atoms with Gasteiger partial charge in [0.2, 0.25) is 12.2 Å². The van der Waals surface area contributed by atoms with Gasteiger partial charge in [-0.2, -0.15) is 0 Å². The SMILES string of the molecule is CCC(=O)OC(OC(=O)c1sc2cccc(Cl)c2c1COc1c(F)cc(C(N)=O)cc1F)C(C)C. The Hall–Kier alpha value is -3.24. The molecule has 3 aromatic rings. The molecule has 7 nitrogen and oxygen atoms in total. The summed E-state index contributed by atoms with van der Waals surface area (Å²) in [5.41, 5.74) is 4.95. The van der Waals surface area contributed by atoms with E-state index in [9.17, 15) is 23.2 Å². The van der Waals surface area contributed by atoms with Crippen LogP contribution in [0.15, 0.2) is 30.3 Å². The lowest BCUT2D eigenvalue weighted by atomic mass is 10.1. The van der Waals surface area contributed by atoms with Crippen molar-refractivity contribution in [1.29, 1.82) is 0 Å². The number of hydrogen-bond donors (Lipinski definition) is 1. The fraction of sp³-hybridized carbons (Fsp3) is 0.292. The molecular weight excluding hydrogens is 504 g/mol. The lowest BCUT2D eigenvalue weighted by Crippen LogP contribution is -2.29. The fourth-order valence-electron chi connectivity index (χ4n) is 3.12. The monoisotopic (exact) mass is 525 g/mol. The molecule has 1 unspecified atom stereocenters. The summed E-state index contributed by atoms with van der Waals surface area (Å²) in [5, 5.41) is 0.742. The Morgan fingerprint density at radius 2 is 1.77 bits per heavy atom. The Balaban J connectivity index is 1.97. The van der Waals surface area contributed by atoms with Crippen molar-refractivity contribution >= 4 is 50.9 Å². The van der Waals surface area contributed by atoms with Gasteiger partial charge in [0.25, 0.3) is 0 Å². The first-order chi connectivity index (χ1) is 16.5. The zero-order chi connectivity index (χ0) is 25.9. The molecule has 0 radical (unpaired) electrons. The number of thiophene rings is 1. The maximum Gasteiger partial charge on any atom is 0.351 e. The quantitative estimate of drug-likeness (QED) is 0.288. The first-order valence-electron chi connectivity index (χ1n) is 10.5. The fourth-order valence-corrected chi connectivity index (χ4v) is 4.58. The summed E-state index contributed by atoms with van der Waals surface area (Å²) < 4.78 is 45.5. The number of primary amides is 1. The highest BCUT2D eigenvalue weighted by Crippen LogP contribution is 2.38. The normalized spacial score (nSPS) is 12.0. The molecular formula is C24H22ClF2NO6S. The number of fused-ring (bicyclic) bond motifs is 1. The van der Waals surface area contributed by atoms with Gasteiger partial charge in [0.05, 0.1) is 0 Å². The second kappa shape index (κ2) is 11.0. The van der Waals surface area contributed by atoms with E-state index in [0.29, 0.717) is 15.1 Å². The lowest BCUT2D eigenvalue weighted by Gasteiger charge is -2.21. The highest BCUT2D eigenvalue weighted by molar-refractivity contribution is 7.21. The van der Waals surface area contributed by atoms with Crippen molar-refractivity contribution in [1.82, 2.24) is 0 Å². The van der Waals surface area contributed by atoms with Crippen molar-refractivity contribution in [2.75, 3.05) is 0 Å². The van der Waals surface area contributed by atoms with Crippen molar-refractivity contribution in [3.05, 3.63) is 63.0 Å². The van der Waals surface area contributed by atoms with Gasteiger partial charge in [-0.25, -0.2) is 13.6 Å². The third-order valence-electron chi connectivity index (χ3n) is 4.90. The predicted molar refractivity (Wildman–Crippen MR) is 126 cm³/mol. The molecule has 0 saturated heterocycles. The molecule has 0 saturated carbocycles. The summed E-state index contributed by atoms with van der Waals surface area (Å²) in [7, 11) is 0. The van der Waals surface area contributed by atoms with Gasteiger partial charge in [-0.15, -0.1) is 11.3 Å². The van der Waals surface area contributed by atoms with E-state index in [1.165, 1.54) is 0 Å². The highest BCUT2D eigenvalue weighted by Gasteiger charge is 2.28. The van der Waals surface area contributed by atoms with Gasteiger partial charge in [-0.1, -0.05) is 38.4 Å². The summed E-state index contributed by atoms with van der Waals surface area (Å²) in [5.74, 6) is -5.71. The van der Waals surface area contributed by atoms with Crippen molar-refractivity contribution < 1.29 is 37.4 Å². The average Bonchev–Trinajstić information content (AvgIpc) is 3.17. The van der Waals surface area contributed by atoms with Gasteiger partial charge in [-0.05, 0) is 24.3 Å². The van der Waals surface area contributed by atoms with Crippen LogP contribution in [-0.4, -0.2) is 24.1 Å². The molecule has 0 aliphatic rings. The maximum atomic E-state index is 14.4. The van der Waals surface area contributed by atoms with Crippen LogP contribution in [0.5, 0.6) is 5.75 Å². The summed E-state index contributed by atoms with van der Waals surface area (Å²) in [6, 6.07) is 6.50. The molecule has 2 N–H and O–H groups in total. The number of hydrogen-bond acceptors (Lipinski definition) is 7. The zero-order valence-electron chi connectivity index (χ0n) is 19.0. The minimum absolute atomic E-state index is 0.0702. The van der Waals surface area contributed by atoms with Crippen LogP contribution in [0, 0.1) is 17.6 Å². The smallest absolute Gasteiger partial charge is 0.351 e. The van der Waals surface area contributed by atoms with Gasteiger partial charge >= 0.3 is 11.9 Å². The molecule has 3 rings (SSSR count). The molecule has 1 atom stereocenters. The van der Waals surface area contributed by atoms with E-state index in [2.05, 4.69) is 0 Å². The van der Waals surface area contributed by atoms with E-state index < -0.39 is 48.1 Å². The molecule has 2 aromatic carbocycles. The molecule has 0 bridgehead atoms. The second-order valence-corrected chi connectivity index (χ2v) is 9.27. The molecule has 0 aliphatic heterocycles. The second-order valence-electron chi connectivity index (χ2n) is 7.81. The first-order valence-corrected chi connectivity index (χ1v) is 11.7. The number of benzene rings is 2. The van der Waals surface area contributed by atoms with Gasteiger partial charge in [0.1, 0.15) is 11.5 Å². The minimum atomic E-state index is -1.14. The van der Waals surface area contributed by atoms with E-state index in [-0.39, 0.29) is 28.3 Å². The summed E-state index contributed by atoms with van der Waals surface area (Å²) in [6.07, 6.45) is -1.04. The largest absolute Gasteiger partial charge is 0.483 e. The Kier molecular flexibility index (Phi) is 8.29. The predicted octanol–water partition coefficient (Wildman–Crippen LogP) is 5.60. The van der Waals surface area contributed by atoms with Crippen molar-refractivity contribution in [2.24, 2.45) is 11.7 Å². The molecule has 186 valence electrons. The third-order valence-corrected chi connectivity index (χ3v) is 6.39. The number of rotatable bonds is 9. The van der Waals surface area contributed by atoms with Crippen molar-refractivity contribution in [2.45, 2.75) is 40.1 Å². The number of ether oxygens (including phenoxy) is 3. The van der Waals surface area contributed by atoms with E-state index >= 15 is 0 Å². The van der Waals surface area contributed by atoms with E-state index in [4.69, 9.17) is 31.5 Å². The first kappa shape index (κ1) is 26.4. The average molecular weight is 526 g/mol. The van der Waals surface area contributed by atoms with E-state index in [1.807, 2.05) is 0 Å². The number of carbonyl (C=O) groups is 3. The number of halogens is 3. The summed E-state index contributed by atoms with van der Waals surface area (Å²) in [6.45, 7) is 4.60. The van der Waals surface area contributed by atoms with Crippen LogP contribution in [-0.2, 0) is 20.9 Å². The minimum Gasteiger partial charge on any atom is -0.483 e. The number of carbonyl (C=O) groups excluding carboxylic acids is 3. The van der Waals surface area contributed by atoms with Crippen molar-refractivity contribution in [3.8, 4) is 5.75 Å². The van der Waals surface area contributed by atoms with Crippen LogP contribution in [0.1, 0.15) is 52.8 Å². The Morgan fingerprint density at radius 3 is 2.34 bits per heavy atom.